The monoisotopic (exact) mass is 400 g/mol. The van der Waals surface area contributed by atoms with Crippen LogP contribution >= 0.6 is 0 Å². The second kappa shape index (κ2) is 7.11. The maximum absolute atomic E-state index is 13.8. The molecule has 1 aromatic carbocycles. The molecule has 1 N–H and O–H groups in total. The molecular formula is C23H32N2O4. The van der Waals surface area contributed by atoms with E-state index in [0.29, 0.717) is 51.3 Å². The minimum absolute atomic E-state index is 0.0588. The van der Waals surface area contributed by atoms with Crippen LogP contribution < -0.4 is 0 Å². The van der Waals surface area contributed by atoms with Gasteiger partial charge in [-0.2, -0.15) is 5.06 Å². The highest BCUT2D eigenvalue weighted by atomic mass is 16.7. The van der Waals surface area contributed by atoms with Crippen LogP contribution in [-0.2, 0) is 14.4 Å². The van der Waals surface area contributed by atoms with E-state index < -0.39 is 5.54 Å². The molecule has 0 unspecified atom stereocenters. The Labute approximate surface area is 173 Å². The van der Waals surface area contributed by atoms with Gasteiger partial charge in [0.2, 0.25) is 0 Å². The van der Waals surface area contributed by atoms with E-state index in [9.17, 15) is 9.90 Å². The lowest BCUT2D eigenvalue weighted by molar-refractivity contribution is -0.173. The molecule has 0 aromatic heterocycles. The summed E-state index contributed by atoms with van der Waals surface area (Å²) in [7, 11) is 1.67. The van der Waals surface area contributed by atoms with E-state index in [2.05, 4.69) is 26.0 Å². The van der Waals surface area contributed by atoms with Gasteiger partial charge >= 0.3 is 0 Å². The lowest BCUT2D eigenvalue weighted by Gasteiger charge is -2.49. The van der Waals surface area contributed by atoms with E-state index in [1.807, 2.05) is 23.8 Å². The number of hydrogen-bond acceptors (Lipinski definition) is 5. The molecule has 3 aliphatic heterocycles. The molecule has 0 atom stereocenters. The molecule has 158 valence electrons. The Morgan fingerprint density at radius 2 is 1.72 bits per heavy atom. The molecule has 2 fully saturated rings. The number of aliphatic hydroxyl groups excluding tert-OH is 1. The Bertz CT molecular complexity index is 841. The number of benzene rings is 1. The number of hydroxylamine groups is 2. The molecule has 29 heavy (non-hydrogen) atoms. The maximum Gasteiger partial charge on any atom is 0.258 e. The SMILES string of the molecule is CON1CCC2(CC1)C(O)=C(c1c(C)cc(C)cc1C)C(=O)N2CC1(C)COC1. The van der Waals surface area contributed by atoms with Crippen LogP contribution in [-0.4, -0.2) is 66.5 Å². The van der Waals surface area contributed by atoms with Crippen molar-refractivity contribution < 1.29 is 19.5 Å². The van der Waals surface area contributed by atoms with E-state index in [0.717, 1.165) is 22.3 Å². The zero-order valence-electron chi connectivity index (χ0n) is 18.2. The molecule has 2 saturated heterocycles. The molecule has 4 rings (SSSR count). The summed E-state index contributed by atoms with van der Waals surface area (Å²) < 4.78 is 5.44. The van der Waals surface area contributed by atoms with E-state index in [-0.39, 0.29) is 17.1 Å². The van der Waals surface area contributed by atoms with Crippen LogP contribution in [0.15, 0.2) is 17.9 Å². The number of aliphatic hydroxyl groups is 1. The molecule has 3 aliphatic rings. The number of rotatable bonds is 4. The summed E-state index contributed by atoms with van der Waals surface area (Å²) in [6.07, 6.45) is 1.31. The van der Waals surface area contributed by atoms with Gasteiger partial charge in [0.25, 0.3) is 5.91 Å². The van der Waals surface area contributed by atoms with E-state index in [1.165, 1.54) is 0 Å². The normalized spacial score (nSPS) is 23.8. The summed E-state index contributed by atoms with van der Waals surface area (Å²) in [5.74, 6) is 0.175. The molecule has 0 radical (unpaired) electrons. The first-order valence-corrected chi connectivity index (χ1v) is 10.4. The summed E-state index contributed by atoms with van der Waals surface area (Å²) in [6, 6.07) is 4.17. The van der Waals surface area contributed by atoms with Crippen LogP contribution in [0.1, 0.15) is 42.0 Å². The highest BCUT2D eigenvalue weighted by Gasteiger charge is 2.56. The fraction of sp³-hybridized carbons (Fsp3) is 0.609. The van der Waals surface area contributed by atoms with Crippen molar-refractivity contribution in [2.75, 3.05) is 40.0 Å². The molecular weight excluding hydrogens is 368 g/mol. The first-order chi connectivity index (χ1) is 13.7. The van der Waals surface area contributed by atoms with Crippen molar-refractivity contribution in [2.45, 2.75) is 46.1 Å². The average Bonchev–Trinajstić information content (AvgIpc) is 2.83. The van der Waals surface area contributed by atoms with Crippen LogP contribution in [0.2, 0.25) is 0 Å². The Kier molecular flexibility index (Phi) is 5.00. The second-order valence-corrected chi connectivity index (χ2v) is 9.34. The number of aryl methyl sites for hydroxylation is 3. The van der Waals surface area contributed by atoms with Gasteiger partial charge in [-0.15, -0.1) is 0 Å². The Hall–Kier alpha value is -1.89. The van der Waals surface area contributed by atoms with E-state index in [1.54, 1.807) is 7.11 Å². The Morgan fingerprint density at radius 3 is 2.21 bits per heavy atom. The fourth-order valence-corrected chi connectivity index (χ4v) is 5.28. The first kappa shape index (κ1) is 20.4. The molecule has 6 heteroatoms. The molecule has 3 heterocycles. The predicted octanol–water partition coefficient (Wildman–Crippen LogP) is 3.16. The summed E-state index contributed by atoms with van der Waals surface area (Å²) in [6.45, 7) is 11.5. The van der Waals surface area contributed by atoms with Crippen molar-refractivity contribution in [3.8, 4) is 0 Å². The number of carbonyl (C=O) groups excluding carboxylic acids is 1. The lowest BCUT2D eigenvalue weighted by atomic mass is 9.81. The van der Waals surface area contributed by atoms with Gasteiger partial charge in [-0.05, 0) is 50.3 Å². The molecule has 6 nitrogen and oxygen atoms in total. The maximum atomic E-state index is 13.8. The third-order valence-corrected chi connectivity index (χ3v) is 6.83. The second-order valence-electron chi connectivity index (χ2n) is 9.34. The Balaban J connectivity index is 1.80. The molecule has 0 aliphatic carbocycles. The molecule has 0 bridgehead atoms. The smallest absolute Gasteiger partial charge is 0.258 e. The van der Waals surface area contributed by atoms with Crippen molar-refractivity contribution in [2.24, 2.45) is 5.41 Å². The van der Waals surface area contributed by atoms with Gasteiger partial charge in [-0.1, -0.05) is 24.6 Å². The molecule has 1 aromatic rings. The van der Waals surface area contributed by atoms with Crippen LogP contribution in [0.25, 0.3) is 5.57 Å². The number of hydrogen-bond donors (Lipinski definition) is 1. The number of nitrogens with zero attached hydrogens (tertiary/aromatic N) is 2. The summed E-state index contributed by atoms with van der Waals surface area (Å²) in [5.41, 5.74) is 3.86. The van der Waals surface area contributed by atoms with Gasteiger partial charge < -0.3 is 19.6 Å². The summed E-state index contributed by atoms with van der Waals surface area (Å²) >= 11 is 0. The van der Waals surface area contributed by atoms with Gasteiger partial charge in [0.05, 0.1) is 25.9 Å². The van der Waals surface area contributed by atoms with E-state index in [4.69, 9.17) is 9.57 Å². The van der Waals surface area contributed by atoms with Crippen LogP contribution in [0.4, 0.5) is 0 Å². The third-order valence-electron chi connectivity index (χ3n) is 6.83. The number of carbonyl (C=O) groups is 1. The molecule has 1 amide bonds. The van der Waals surface area contributed by atoms with E-state index >= 15 is 0 Å². The van der Waals surface area contributed by atoms with Gasteiger partial charge in [-0.25, -0.2) is 0 Å². The van der Waals surface area contributed by atoms with Gasteiger partial charge in [0.1, 0.15) is 11.3 Å². The number of ether oxygens (including phenoxy) is 1. The van der Waals surface area contributed by atoms with Crippen molar-refractivity contribution in [1.82, 2.24) is 9.96 Å². The number of piperidine rings is 1. The zero-order valence-corrected chi connectivity index (χ0v) is 18.2. The van der Waals surface area contributed by atoms with Crippen LogP contribution in [0.3, 0.4) is 0 Å². The van der Waals surface area contributed by atoms with Crippen molar-refractivity contribution in [3.05, 3.63) is 40.1 Å². The minimum Gasteiger partial charge on any atom is -0.509 e. The Morgan fingerprint density at radius 1 is 1.14 bits per heavy atom. The molecule has 1 spiro atoms. The van der Waals surface area contributed by atoms with Crippen molar-refractivity contribution in [3.63, 3.8) is 0 Å². The van der Waals surface area contributed by atoms with Crippen molar-refractivity contribution in [1.29, 1.82) is 0 Å². The largest absolute Gasteiger partial charge is 0.509 e. The topological polar surface area (TPSA) is 62.2 Å². The lowest BCUT2D eigenvalue weighted by Crippen LogP contribution is -2.59. The highest BCUT2D eigenvalue weighted by molar-refractivity contribution is 6.24. The van der Waals surface area contributed by atoms with Crippen molar-refractivity contribution >= 4 is 11.5 Å². The number of amides is 1. The fourth-order valence-electron chi connectivity index (χ4n) is 5.28. The van der Waals surface area contributed by atoms with Gasteiger partial charge in [0, 0.05) is 25.0 Å². The standard InChI is InChI=1S/C23H32N2O4/c1-15-10-16(2)18(17(3)11-15)19-20(26)23(6-8-24(28-5)9-7-23)25(21(19)27)12-22(4)13-29-14-22/h10-11,26H,6-9,12-14H2,1-5H3. The first-order valence-electron chi connectivity index (χ1n) is 10.4. The highest BCUT2D eigenvalue weighted by Crippen LogP contribution is 2.48. The van der Waals surface area contributed by atoms with Gasteiger partial charge in [0.15, 0.2) is 0 Å². The average molecular weight is 401 g/mol. The predicted molar refractivity (Wildman–Crippen MR) is 111 cm³/mol. The van der Waals surface area contributed by atoms with Crippen LogP contribution in [0.5, 0.6) is 0 Å². The zero-order chi connectivity index (χ0) is 21.0. The van der Waals surface area contributed by atoms with Gasteiger partial charge in [-0.3, -0.25) is 4.79 Å². The minimum atomic E-state index is -0.663. The third kappa shape index (κ3) is 3.18. The summed E-state index contributed by atoms with van der Waals surface area (Å²) in [4.78, 5) is 21.1. The van der Waals surface area contributed by atoms with Crippen LogP contribution in [0, 0.1) is 26.2 Å². The quantitative estimate of drug-likeness (QED) is 0.841. The summed E-state index contributed by atoms with van der Waals surface area (Å²) in [5, 5.41) is 13.4. The molecule has 0 saturated carbocycles.